The number of alkyl halides is 2. The lowest BCUT2D eigenvalue weighted by Gasteiger charge is -2.22. The number of carbonyl (C=O) groups excluding carboxylic acids is 1. The zero-order valence-electron chi connectivity index (χ0n) is 9.91. The first-order valence-corrected chi connectivity index (χ1v) is 5.37. The molecule has 100 valence electrons. The quantitative estimate of drug-likeness (QED) is 0.787. The van der Waals surface area contributed by atoms with Crippen LogP contribution in [0.4, 0.5) is 18.9 Å². The number of ether oxygens (including phenoxy) is 1. The summed E-state index contributed by atoms with van der Waals surface area (Å²) < 4.78 is 42.3. The molecule has 0 aliphatic rings. The van der Waals surface area contributed by atoms with Crippen molar-refractivity contribution in [3.05, 3.63) is 30.1 Å². The van der Waals surface area contributed by atoms with Crippen molar-refractivity contribution in [2.75, 3.05) is 25.2 Å². The summed E-state index contributed by atoms with van der Waals surface area (Å²) in [5, 5.41) is 0. The van der Waals surface area contributed by atoms with Crippen LogP contribution in [0.3, 0.4) is 0 Å². The summed E-state index contributed by atoms with van der Waals surface area (Å²) in [5.74, 6) is -0.969. The highest BCUT2D eigenvalue weighted by Gasteiger charge is 2.19. The van der Waals surface area contributed by atoms with Crippen LogP contribution in [0.2, 0.25) is 0 Å². The lowest BCUT2D eigenvalue weighted by Crippen LogP contribution is -2.35. The fourth-order valence-electron chi connectivity index (χ4n) is 1.43. The van der Waals surface area contributed by atoms with Crippen LogP contribution in [-0.4, -0.2) is 32.6 Å². The van der Waals surface area contributed by atoms with Crippen molar-refractivity contribution in [3.8, 4) is 0 Å². The van der Waals surface area contributed by atoms with Crippen molar-refractivity contribution in [1.29, 1.82) is 0 Å². The third-order valence-corrected chi connectivity index (χ3v) is 2.28. The highest BCUT2D eigenvalue weighted by Crippen LogP contribution is 2.17. The summed E-state index contributed by atoms with van der Waals surface area (Å²) in [6.07, 6.45) is -2.65. The molecule has 0 N–H and O–H groups in total. The summed E-state index contributed by atoms with van der Waals surface area (Å²) in [7, 11) is 1.42. The van der Waals surface area contributed by atoms with E-state index in [1.807, 2.05) is 0 Å². The van der Waals surface area contributed by atoms with E-state index in [2.05, 4.69) is 0 Å². The lowest BCUT2D eigenvalue weighted by molar-refractivity contribution is -0.119. The SMILES string of the molecule is COCCC(=O)N(CC(F)F)c1ccc(F)cc1. The molecule has 0 fully saturated rings. The Morgan fingerprint density at radius 2 is 1.94 bits per heavy atom. The number of carbonyl (C=O) groups is 1. The molecule has 0 radical (unpaired) electrons. The van der Waals surface area contributed by atoms with Gasteiger partial charge in [-0.2, -0.15) is 0 Å². The van der Waals surface area contributed by atoms with E-state index in [9.17, 15) is 18.0 Å². The van der Waals surface area contributed by atoms with Crippen LogP contribution in [0.1, 0.15) is 6.42 Å². The summed E-state index contributed by atoms with van der Waals surface area (Å²) in [6.45, 7) is -0.562. The Morgan fingerprint density at radius 3 is 2.44 bits per heavy atom. The minimum Gasteiger partial charge on any atom is -0.384 e. The molecule has 0 heterocycles. The molecule has 0 saturated heterocycles. The van der Waals surface area contributed by atoms with Gasteiger partial charge < -0.3 is 9.64 Å². The fraction of sp³-hybridized carbons (Fsp3) is 0.417. The number of benzene rings is 1. The summed E-state index contributed by atoms with van der Waals surface area (Å²) >= 11 is 0. The Bertz CT molecular complexity index is 381. The second-order valence-electron chi connectivity index (χ2n) is 3.61. The predicted octanol–water partition coefficient (Wildman–Crippen LogP) is 2.46. The number of amides is 1. The zero-order valence-corrected chi connectivity index (χ0v) is 9.91. The third-order valence-electron chi connectivity index (χ3n) is 2.28. The van der Waals surface area contributed by atoms with Crippen molar-refractivity contribution < 1.29 is 22.7 Å². The van der Waals surface area contributed by atoms with Crippen molar-refractivity contribution in [2.45, 2.75) is 12.8 Å². The van der Waals surface area contributed by atoms with Gasteiger partial charge in [-0.25, -0.2) is 13.2 Å². The Hall–Kier alpha value is -1.56. The van der Waals surface area contributed by atoms with Gasteiger partial charge in [-0.05, 0) is 24.3 Å². The molecule has 0 aliphatic heterocycles. The number of rotatable bonds is 6. The van der Waals surface area contributed by atoms with Crippen LogP contribution in [-0.2, 0) is 9.53 Å². The minimum atomic E-state index is -2.65. The van der Waals surface area contributed by atoms with Crippen molar-refractivity contribution in [3.63, 3.8) is 0 Å². The van der Waals surface area contributed by atoms with Gasteiger partial charge in [0.05, 0.1) is 19.6 Å². The third kappa shape index (κ3) is 4.37. The molecule has 6 heteroatoms. The zero-order chi connectivity index (χ0) is 13.5. The molecule has 0 spiro atoms. The minimum absolute atomic E-state index is 0.000592. The molecule has 0 bridgehead atoms. The van der Waals surface area contributed by atoms with Crippen LogP contribution >= 0.6 is 0 Å². The number of hydrogen-bond acceptors (Lipinski definition) is 2. The van der Waals surface area contributed by atoms with E-state index in [4.69, 9.17) is 4.74 Å². The summed E-state index contributed by atoms with van der Waals surface area (Å²) in [5.41, 5.74) is 0.248. The standard InChI is InChI=1S/C12H14F3NO2/c1-18-7-6-12(17)16(8-11(14)15)10-4-2-9(13)3-5-10/h2-5,11H,6-8H2,1H3. The maximum atomic E-state index is 12.7. The van der Waals surface area contributed by atoms with Gasteiger partial charge in [0, 0.05) is 12.8 Å². The molecule has 3 nitrogen and oxygen atoms in total. The molecule has 0 aromatic heterocycles. The second kappa shape index (κ2) is 7.00. The number of anilines is 1. The summed E-state index contributed by atoms with van der Waals surface area (Å²) in [6, 6.07) is 4.83. The number of methoxy groups -OCH3 is 1. The van der Waals surface area contributed by atoms with E-state index in [1.165, 1.54) is 19.2 Å². The second-order valence-corrected chi connectivity index (χ2v) is 3.61. The van der Waals surface area contributed by atoms with Crippen LogP contribution in [0.15, 0.2) is 24.3 Å². The van der Waals surface area contributed by atoms with E-state index in [-0.39, 0.29) is 18.7 Å². The van der Waals surface area contributed by atoms with Gasteiger partial charge in [0.15, 0.2) is 0 Å². The first-order chi connectivity index (χ1) is 8.54. The van der Waals surface area contributed by atoms with Gasteiger partial charge in [0.1, 0.15) is 5.82 Å². The van der Waals surface area contributed by atoms with Gasteiger partial charge in [-0.3, -0.25) is 4.79 Å². The molecule has 1 rings (SSSR count). The maximum Gasteiger partial charge on any atom is 0.256 e. The topological polar surface area (TPSA) is 29.5 Å². The van der Waals surface area contributed by atoms with Crippen LogP contribution in [0, 0.1) is 5.82 Å². The monoisotopic (exact) mass is 261 g/mol. The molecule has 0 unspecified atom stereocenters. The molecular formula is C12H14F3NO2. The molecule has 0 aliphatic carbocycles. The average molecular weight is 261 g/mol. The van der Waals surface area contributed by atoms with Gasteiger partial charge in [-0.1, -0.05) is 0 Å². The maximum absolute atomic E-state index is 12.7. The smallest absolute Gasteiger partial charge is 0.256 e. The lowest BCUT2D eigenvalue weighted by atomic mass is 10.2. The van der Waals surface area contributed by atoms with E-state index in [1.54, 1.807) is 0 Å². The molecule has 0 saturated carbocycles. The number of hydrogen-bond donors (Lipinski definition) is 0. The number of nitrogens with zero attached hydrogens (tertiary/aromatic N) is 1. The molecule has 18 heavy (non-hydrogen) atoms. The Balaban J connectivity index is 2.83. The largest absolute Gasteiger partial charge is 0.384 e. The highest BCUT2D eigenvalue weighted by atomic mass is 19.3. The van der Waals surface area contributed by atoms with E-state index in [0.29, 0.717) is 0 Å². The number of halogens is 3. The van der Waals surface area contributed by atoms with Gasteiger partial charge in [-0.15, -0.1) is 0 Å². The van der Waals surface area contributed by atoms with Crippen LogP contribution in [0.5, 0.6) is 0 Å². The van der Waals surface area contributed by atoms with Gasteiger partial charge in [0.2, 0.25) is 5.91 Å². The average Bonchev–Trinajstić information content (AvgIpc) is 2.34. The van der Waals surface area contributed by atoms with E-state index >= 15 is 0 Å². The van der Waals surface area contributed by atoms with Crippen LogP contribution in [0.25, 0.3) is 0 Å². The molecule has 1 aromatic carbocycles. The normalized spacial score (nSPS) is 10.7. The first-order valence-electron chi connectivity index (χ1n) is 5.37. The van der Waals surface area contributed by atoms with Gasteiger partial charge >= 0.3 is 0 Å². The molecular weight excluding hydrogens is 247 g/mol. The van der Waals surface area contributed by atoms with Crippen molar-refractivity contribution in [1.82, 2.24) is 0 Å². The van der Waals surface area contributed by atoms with E-state index in [0.717, 1.165) is 17.0 Å². The highest BCUT2D eigenvalue weighted by molar-refractivity contribution is 5.93. The Kier molecular flexibility index (Phi) is 5.64. The Labute approximate surface area is 103 Å². The van der Waals surface area contributed by atoms with Gasteiger partial charge in [0.25, 0.3) is 6.43 Å². The Morgan fingerprint density at radius 1 is 1.33 bits per heavy atom. The molecule has 0 atom stereocenters. The first kappa shape index (κ1) is 14.5. The van der Waals surface area contributed by atoms with Crippen LogP contribution < -0.4 is 4.90 Å². The predicted molar refractivity (Wildman–Crippen MR) is 61.3 cm³/mol. The van der Waals surface area contributed by atoms with E-state index < -0.39 is 24.7 Å². The fourth-order valence-corrected chi connectivity index (χ4v) is 1.43. The molecule has 1 amide bonds. The van der Waals surface area contributed by atoms with Crippen molar-refractivity contribution >= 4 is 11.6 Å². The molecule has 1 aromatic rings. The van der Waals surface area contributed by atoms with Crippen molar-refractivity contribution in [2.24, 2.45) is 0 Å². The summed E-state index contributed by atoms with van der Waals surface area (Å²) in [4.78, 5) is 12.7.